The normalized spacial score (nSPS) is 16.4. The summed E-state index contributed by atoms with van der Waals surface area (Å²) in [6.07, 6.45) is 7.17. The van der Waals surface area contributed by atoms with Gasteiger partial charge in [-0.15, -0.1) is 0 Å². The van der Waals surface area contributed by atoms with Crippen molar-refractivity contribution in [3.05, 3.63) is 36.2 Å². The molecule has 1 saturated heterocycles. The lowest BCUT2D eigenvalue weighted by atomic mass is 9.90. The van der Waals surface area contributed by atoms with Crippen LogP contribution in [0.2, 0.25) is 0 Å². The molecule has 0 amide bonds. The van der Waals surface area contributed by atoms with E-state index in [1.165, 1.54) is 18.4 Å². The number of hydrogen-bond donors (Lipinski definition) is 1. The molecule has 3 heterocycles. The smallest absolute Gasteiger partial charge is 0.213 e. The number of methoxy groups -OCH3 is 1. The van der Waals surface area contributed by atoms with Crippen LogP contribution in [0.3, 0.4) is 0 Å². The van der Waals surface area contributed by atoms with Crippen molar-refractivity contribution in [3.63, 3.8) is 0 Å². The van der Waals surface area contributed by atoms with Gasteiger partial charge in [0.1, 0.15) is 5.82 Å². The first-order valence-corrected chi connectivity index (χ1v) is 7.08. The summed E-state index contributed by atoms with van der Waals surface area (Å²) in [5.74, 6) is 2.58. The molecule has 5 heteroatoms. The topological polar surface area (TPSA) is 54.0 Å². The van der Waals surface area contributed by atoms with Crippen LogP contribution in [0.5, 0.6) is 5.88 Å². The zero-order valence-electron chi connectivity index (χ0n) is 11.7. The van der Waals surface area contributed by atoms with Gasteiger partial charge >= 0.3 is 0 Å². The van der Waals surface area contributed by atoms with E-state index in [-0.39, 0.29) is 0 Å². The van der Waals surface area contributed by atoms with Crippen molar-refractivity contribution >= 4 is 5.82 Å². The Labute approximate surface area is 119 Å². The first-order chi connectivity index (χ1) is 9.85. The van der Waals surface area contributed by atoms with Gasteiger partial charge in [-0.2, -0.15) is 5.10 Å². The number of pyridine rings is 1. The van der Waals surface area contributed by atoms with Crippen LogP contribution in [0.1, 0.15) is 18.4 Å². The maximum absolute atomic E-state index is 5.18. The summed E-state index contributed by atoms with van der Waals surface area (Å²) < 4.78 is 5.18. The van der Waals surface area contributed by atoms with Gasteiger partial charge in [0.2, 0.25) is 5.88 Å². The first kappa shape index (κ1) is 13.0. The van der Waals surface area contributed by atoms with Gasteiger partial charge in [0.05, 0.1) is 13.3 Å². The van der Waals surface area contributed by atoms with E-state index in [1.807, 2.05) is 24.5 Å². The molecule has 0 bridgehead atoms. The van der Waals surface area contributed by atoms with Gasteiger partial charge in [-0.3, -0.25) is 5.10 Å². The molecule has 0 atom stereocenters. The molecule has 2 aromatic rings. The highest BCUT2D eigenvalue weighted by Gasteiger charge is 2.20. The van der Waals surface area contributed by atoms with Crippen LogP contribution in [0.15, 0.2) is 30.6 Å². The van der Waals surface area contributed by atoms with Crippen LogP contribution in [0.4, 0.5) is 5.82 Å². The molecule has 1 aliphatic rings. The molecule has 1 aliphatic heterocycles. The zero-order chi connectivity index (χ0) is 13.8. The molecule has 0 aliphatic carbocycles. The molecule has 0 aromatic carbocycles. The van der Waals surface area contributed by atoms with Gasteiger partial charge in [0.25, 0.3) is 0 Å². The largest absolute Gasteiger partial charge is 0.481 e. The second kappa shape index (κ2) is 5.94. The third-order valence-electron chi connectivity index (χ3n) is 3.97. The van der Waals surface area contributed by atoms with Crippen LogP contribution in [-0.2, 0) is 6.42 Å². The number of nitrogens with zero attached hydrogens (tertiary/aromatic N) is 3. The van der Waals surface area contributed by atoms with Gasteiger partial charge in [0.15, 0.2) is 0 Å². The second-order valence-corrected chi connectivity index (χ2v) is 5.28. The standard InChI is InChI=1S/C15H20N4O/c1-20-15-11-13(2-6-16-15)10-12-4-8-19(9-5-12)14-3-7-17-18-14/h2-3,6-7,11-12H,4-5,8-10H2,1H3,(H,17,18). The lowest BCUT2D eigenvalue weighted by Crippen LogP contribution is -2.34. The molecule has 0 unspecified atom stereocenters. The lowest BCUT2D eigenvalue weighted by molar-refractivity contribution is 0.390. The van der Waals surface area contributed by atoms with E-state index in [4.69, 9.17) is 4.74 Å². The maximum atomic E-state index is 5.18. The summed E-state index contributed by atoms with van der Waals surface area (Å²) in [5, 5.41) is 7.05. The molecule has 2 aromatic heterocycles. The molecule has 20 heavy (non-hydrogen) atoms. The second-order valence-electron chi connectivity index (χ2n) is 5.28. The molecule has 3 rings (SSSR count). The number of piperidine rings is 1. The predicted octanol–water partition coefficient (Wildman–Crippen LogP) is 2.27. The molecule has 5 nitrogen and oxygen atoms in total. The third-order valence-corrected chi connectivity index (χ3v) is 3.97. The Morgan fingerprint density at radius 2 is 2.15 bits per heavy atom. The molecular formula is C15H20N4O. The van der Waals surface area contributed by atoms with Crippen LogP contribution in [-0.4, -0.2) is 35.4 Å². The Balaban J connectivity index is 1.55. The molecule has 1 fully saturated rings. The number of hydrogen-bond acceptors (Lipinski definition) is 4. The molecular weight excluding hydrogens is 252 g/mol. The lowest BCUT2D eigenvalue weighted by Gasteiger charge is -2.32. The van der Waals surface area contributed by atoms with Crippen LogP contribution in [0, 0.1) is 5.92 Å². The van der Waals surface area contributed by atoms with Crippen molar-refractivity contribution in [3.8, 4) is 5.88 Å². The average Bonchev–Trinajstić information content (AvgIpc) is 3.02. The first-order valence-electron chi connectivity index (χ1n) is 7.08. The fourth-order valence-electron chi connectivity index (χ4n) is 2.83. The van der Waals surface area contributed by atoms with E-state index in [2.05, 4.69) is 26.1 Å². The number of anilines is 1. The van der Waals surface area contributed by atoms with E-state index in [0.717, 1.165) is 31.2 Å². The monoisotopic (exact) mass is 272 g/mol. The Morgan fingerprint density at radius 3 is 2.85 bits per heavy atom. The summed E-state index contributed by atoms with van der Waals surface area (Å²) in [6.45, 7) is 2.18. The number of aromatic nitrogens is 3. The SMILES string of the molecule is COc1cc(CC2CCN(c3ccn[nH]3)CC2)ccn1. The van der Waals surface area contributed by atoms with Crippen LogP contribution < -0.4 is 9.64 Å². The quantitative estimate of drug-likeness (QED) is 0.927. The summed E-state index contributed by atoms with van der Waals surface area (Å²) >= 11 is 0. The Morgan fingerprint density at radius 1 is 1.30 bits per heavy atom. The number of aromatic amines is 1. The minimum Gasteiger partial charge on any atom is -0.481 e. The minimum absolute atomic E-state index is 0.706. The van der Waals surface area contributed by atoms with Crippen molar-refractivity contribution in [1.29, 1.82) is 0 Å². The highest BCUT2D eigenvalue weighted by atomic mass is 16.5. The van der Waals surface area contributed by atoms with Crippen LogP contribution >= 0.6 is 0 Å². The zero-order valence-corrected chi connectivity index (χ0v) is 11.7. The Bertz CT molecular complexity index is 533. The van der Waals surface area contributed by atoms with E-state index in [1.54, 1.807) is 7.11 Å². The maximum Gasteiger partial charge on any atom is 0.213 e. The fraction of sp³-hybridized carbons (Fsp3) is 0.467. The van der Waals surface area contributed by atoms with Gasteiger partial charge in [0, 0.05) is 31.4 Å². The molecule has 106 valence electrons. The summed E-state index contributed by atoms with van der Waals surface area (Å²) in [4.78, 5) is 6.53. The highest BCUT2D eigenvalue weighted by molar-refractivity contribution is 5.36. The minimum atomic E-state index is 0.706. The Kier molecular flexibility index (Phi) is 3.85. The van der Waals surface area contributed by atoms with Crippen molar-refractivity contribution in [2.24, 2.45) is 5.92 Å². The van der Waals surface area contributed by atoms with E-state index >= 15 is 0 Å². The highest BCUT2D eigenvalue weighted by Crippen LogP contribution is 2.25. The summed E-state index contributed by atoms with van der Waals surface area (Å²) in [6, 6.07) is 6.17. The van der Waals surface area contributed by atoms with Crippen molar-refractivity contribution < 1.29 is 4.74 Å². The van der Waals surface area contributed by atoms with Crippen molar-refractivity contribution in [2.75, 3.05) is 25.1 Å². The number of rotatable bonds is 4. The fourth-order valence-corrected chi connectivity index (χ4v) is 2.83. The van der Waals surface area contributed by atoms with Crippen LogP contribution in [0.25, 0.3) is 0 Å². The molecule has 0 radical (unpaired) electrons. The molecule has 0 saturated carbocycles. The number of ether oxygens (including phenoxy) is 1. The number of nitrogens with one attached hydrogen (secondary N) is 1. The third kappa shape index (κ3) is 2.92. The predicted molar refractivity (Wildman–Crippen MR) is 78.0 cm³/mol. The van der Waals surface area contributed by atoms with Gasteiger partial charge < -0.3 is 9.64 Å². The van der Waals surface area contributed by atoms with Gasteiger partial charge in [-0.05, 0) is 36.8 Å². The van der Waals surface area contributed by atoms with E-state index in [9.17, 15) is 0 Å². The summed E-state index contributed by atoms with van der Waals surface area (Å²) in [5.41, 5.74) is 1.32. The van der Waals surface area contributed by atoms with Gasteiger partial charge in [-0.25, -0.2) is 4.98 Å². The summed E-state index contributed by atoms with van der Waals surface area (Å²) in [7, 11) is 1.66. The number of H-pyrrole nitrogens is 1. The van der Waals surface area contributed by atoms with Gasteiger partial charge in [-0.1, -0.05) is 0 Å². The van der Waals surface area contributed by atoms with E-state index in [0.29, 0.717) is 5.88 Å². The van der Waals surface area contributed by atoms with Crippen molar-refractivity contribution in [1.82, 2.24) is 15.2 Å². The molecule has 0 spiro atoms. The van der Waals surface area contributed by atoms with E-state index < -0.39 is 0 Å². The average molecular weight is 272 g/mol. The molecule has 1 N–H and O–H groups in total. The van der Waals surface area contributed by atoms with Crippen molar-refractivity contribution in [2.45, 2.75) is 19.3 Å². The Hall–Kier alpha value is -2.04.